The molecule has 0 spiro atoms. The summed E-state index contributed by atoms with van der Waals surface area (Å²) < 4.78 is 38.6. The van der Waals surface area contributed by atoms with Gasteiger partial charge in [0, 0.05) is 35.9 Å². The van der Waals surface area contributed by atoms with Crippen molar-refractivity contribution in [1.82, 2.24) is 19.7 Å². The van der Waals surface area contributed by atoms with E-state index in [9.17, 15) is 12.6 Å². The van der Waals surface area contributed by atoms with Crippen molar-refractivity contribution in [2.24, 2.45) is 7.05 Å². The molecule has 1 rings (SSSR count). The van der Waals surface area contributed by atoms with Crippen molar-refractivity contribution < 1.29 is 12.6 Å². The summed E-state index contributed by atoms with van der Waals surface area (Å²) >= 11 is 3.02. The maximum atomic E-state index is 11.9. The standard InChI is InChI=1S/C7H13BrN4O3S2/c1-5(16(3)13)4-9-17(14,15)7-6(8)10-11-12(7)2/h5,9H,4H2,1-3H3. The zero-order chi connectivity index (χ0) is 13.2. The number of aryl methyl sites for hydroxylation is 1. The minimum absolute atomic E-state index is 0.0495. The van der Waals surface area contributed by atoms with Crippen molar-refractivity contribution in [3.63, 3.8) is 0 Å². The van der Waals surface area contributed by atoms with E-state index >= 15 is 0 Å². The van der Waals surface area contributed by atoms with Crippen LogP contribution in [0.1, 0.15) is 6.92 Å². The Hall–Kier alpha value is -0.320. The van der Waals surface area contributed by atoms with Gasteiger partial charge in [0.2, 0.25) is 5.03 Å². The number of rotatable bonds is 5. The summed E-state index contributed by atoms with van der Waals surface area (Å²) in [4.78, 5) is 0. The SMILES string of the molecule is CC(CNS(=O)(=O)c1c(Br)nnn1C)S(C)=O. The smallest absolute Gasteiger partial charge is 0.260 e. The molecule has 0 bridgehead atoms. The predicted octanol–water partition coefficient (Wildman–Crippen LogP) is -0.377. The minimum Gasteiger partial charge on any atom is -0.260 e. The van der Waals surface area contributed by atoms with E-state index in [1.807, 2.05) is 0 Å². The molecule has 0 saturated heterocycles. The Bertz CT molecular complexity index is 508. The zero-order valence-electron chi connectivity index (χ0n) is 9.55. The largest absolute Gasteiger partial charge is 0.260 e. The minimum atomic E-state index is -3.70. The maximum absolute atomic E-state index is 11.9. The lowest BCUT2D eigenvalue weighted by Crippen LogP contribution is -2.33. The van der Waals surface area contributed by atoms with E-state index in [-0.39, 0.29) is 21.4 Å². The van der Waals surface area contributed by atoms with Crippen LogP contribution in [0.25, 0.3) is 0 Å². The Balaban J connectivity index is 2.87. The summed E-state index contributed by atoms with van der Waals surface area (Å²) in [5, 5.41) is 6.87. The van der Waals surface area contributed by atoms with Gasteiger partial charge in [0.15, 0.2) is 4.60 Å². The number of halogens is 1. The van der Waals surface area contributed by atoms with Crippen LogP contribution >= 0.6 is 15.9 Å². The quantitative estimate of drug-likeness (QED) is 0.785. The lowest BCUT2D eigenvalue weighted by atomic mass is 10.5. The molecule has 0 aromatic carbocycles. The van der Waals surface area contributed by atoms with Crippen LogP contribution in [0.4, 0.5) is 0 Å². The van der Waals surface area contributed by atoms with Gasteiger partial charge in [-0.05, 0) is 22.9 Å². The fourth-order valence-electron chi connectivity index (χ4n) is 1.02. The molecule has 1 aromatic rings. The molecule has 10 heteroatoms. The van der Waals surface area contributed by atoms with Crippen molar-refractivity contribution in [2.45, 2.75) is 17.2 Å². The van der Waals surface area contributed by atoms with Crippen molar-refractivity contribution in [3.05, 3.63) is 4.60 Å². The number of nitrogens with one attached hydrogen (secondary N) is 1. The zero-order valence-corrected chi connectivity index (χ0v) is 12.8. The van der Waals surface area contributed by atoms with Crippen molar-refractivity contribution in [1.29, 1.82) is 0 Å². The summed E-state index contributed by atoms with van der Waals surface area (Å²) in [5.74, 6) is 0. The molecule has 0 aliphatic heterocycles. The van der Waals surface area contributed by atoms with Gasteiger partial charge < -0.3 is 0 Å². The molecule has 7 nitrogen and oxygen atoms in total. The molecule has 0 aliphatic rings. The second-order valence-corrected chi connectivity index (χ2v) is 7.71. The van der Waals surface area contributed by atoms with Gasteiger partial charge >= 0.3 is 0 Å². The molecule has 2 atom stereocenters. The van der Waals surface area contributed by atoms with Crippen LogP contribution in [-0.2, 0) is 27.9 Å². The Labute approximate surface area is 111 Å². The van der Waals surface area contributed by atoms with Gasteiger partial charge in [0.25, 0.3) is 10.0 Å². The third-order valence-corrected chi connectivity index (χ3v) is 5.73. The molecule has 1 aromatic heterocycles. The van der Waals surface area contributed by atoms with Crippen LogP contribution < -0.4 is 4.72 Å². The summed E-state index contributed by atoms with van der Waals surface area (Å²) in [7, 11) is -3.30. The first-order valence-electron chi connectivity index (χ1n) is 4.62. The molecule has 2 unspecified atom stereocenters. The number of nitrogens with zero attached hydrogens (tertiary/aromatic N) is 3. The third-order valence-electron chi connectivity index (χ3n) is 2.12. The van der Waals surface area contributed by atoms with Gasteiger partial charge in [-0.2, -0.15) is 0 Å². The first-order valence-corrected chi connectivity index (χ1v) is 8.52. The van der Waals surface area contributed by atoms with E-state index in [4.69, 9.17) is 0 Å². The molecular formula is C7H13BrN4O3S2. The molecule has 1 heterocycles. The Morgan fingerprint density at radius 1 is 1.59 bits per heavy atom. The van der Waals surface area contributed by atoms with Crippen LogP contribution in [0.15, 0.2) is 9.63 Å². The second-order valence-electron chi connectivity index (χ2n) is 3.47. The highest BCUT2D eigenvalue weighted by molar-refractivity contribution is 9.10. The first kappa shape index (κ1) is 14.7. The van der Waals surface area contributed by atoms with E-state index in [0.29, 0.717) is 0 Å². The van der Waals surface area contributed by atoms with Gasteiger partial charge in [-0.1, -0.05) is 5.21 Å². The van der Waals surface area contributed by atoms with Crippen molar-refractivity contribution >= 4 is 36.8 Å². The highest BCUT2D eigenvalue weighted by Gasteiger charge is 2.24. The van der Waals surface area contributed by atoms with Gasteiger partial charge in [-0.15, -0.1) is 5.10 Å². The summed E-state index contributed by atoms with van der Waals surface area (Å²) in [6, 6.07) is 0. The van der Waals surface area contributed by atoms with Gasteiger partial charge in [0.1, 0.15) is 0 Å². The van der Waals surface area contributed by atoms with Crippen LogP contribution in [0, 0.1) is 0 Å². The van der Waals surface area contributed by atoms with Crippen molar-refractivity contribution in [3.8, 4) is 0 Å². The molecule has 0 aliphatic carbocycles. The summed E-state index contributed by atoms with van der Waals surface area (Å²) in [6.07, 6.45) is 1.53. The average molecular weight is 345 g/mol. The summed E-state index contributed by atoms with van der Waals surface area (Å²) in [5.41, 5.74) is 0. The second kappa shape index (κ2) is 5.55. The molecule has 0 radical (unpaired) electrons. The highest BCUT2D eigenvalue weighted by Crippen LogP contribution is 2.17. The number of hydrogen-bond acceptors (Lipinski definition) is 5. The lowest BCUT2D eigenvalue weighted by molar-refractivity contribution is 0.560. The Kier molecular flexibility index (Phi) is 4.81. The molecule has 98 valence electrons. The fourth-order valence-corrected chi connectivity index (χ4v) is 3.66. The number of aromatic nitrogens is 3. The normalized spacial score (nSPS) is 15.8. The fraction of sp³-hybridized carbons (Fsp3) is 0.714. The third kappa shape index (κ3) is 3.57. The van der Waals surface area contributed by atoms with Gasteiger partial charge in [-0.25, -0.2) is 17.8 Å². The molecule has 0 saturated carbocycles. The first-order chi connectivity index (χ1) is 7.75. The van der Waals surface area contributed by atoms with Crippen LogP contribution in [0.3, 0.4) is 0 Å². The number of hydrogen-bond donors (Lipinski definition) is 1. The van der Waals surface area contributed by atoms with Crippen LogP contribution in [0.2, 0.25) is 0 Å². The van der Waals surface area contributed by atoms with Crippen LogP contribution in [-0.4, -0.2) is 45.7 Å². The van der Waals surface area contributed by atoms with Crippen LogP contribution in [0.5, 0.6) is 0 Å². The van der Waals surface area contributed by atoms with E-state index < -0.39 is 20.8 Å². The molecule has 0 amide bonds. The van der Waals surface area contributed by atoms with Gasteiger partial charge in [0.05, 0.1) is 0 Å². The topological polar surface area (TPSA) is 93.9 Å². The maximum Gasteiger partial charge on any atom is 0.260 e. The monoisotopic (exact) mass is 344 g/mol. The summed E-state index contributed by atoms with van der Waals surface area (Å²) in [6.45, 7) is 1.80. The average Bonchev–Trinajstić information content (AvgIpc) is 2.55. The molecule has 1 N–H and O–H groups in total. The Morgan fingerprint density at radius 3 is 2.59 bits per heavy atom. The van der Waals surface area contributed by atoms with Gasteiger partial charge in [-0.3, -0.25) is 4.21 Å². The van der Waals surface area contributed by atoms with Crippen molar-refractivity contribution in [2.75, 3.05) is 12.8 Å². The Morgan fingerprint density at radius 2 is 2.18 bits per heavy atom. The molecular weight excluding hydrogens is 332 g/mol. The van der Waals surface area contributed by atoms with E-state index in [1.54, 1.807) is 6.92 Å². The highest BCUT2D eigenvalue weighted by atomic mass is 79.9. The number of sulfonamides is 1. The molecule has 0 fully saturated rings. The predicted molar refractivity (Wildman–Crippen MR) is 67.4 cm³/mol. The molecule has 17 heavy (non-hydrogen) atoms. The van der Waals surface area contributed by atoms with E-state index in [1.165, 1.54) is 13.3 Å². The van der Waals surface area contributed by atoms with E-state index in [2.05, 4.69) is 31.0 Å². The van der Waals surface area contributed by atoms with E-state index in [0.717, 1.165) is 4.68 Å². The lowest BCUT2D eigenvalue weighted by Gasteiger charge is -2.10.